The van der Waals surface area contributed by atoms with Gasteiger partial charge in [0.1, 0.15) is 11.6 Å². The van der Waals surface area contributed by atoms with Crippen LogP contribution in [0.15, 0.2) is 42.6 Å². The Morgan fingerprint density at radius 1 is 1.14 bits per heavy atom. The fraction of sp³-hybridized carbons (Fsp3) is 0.316. The number of hydrogen-bond acceptors (Lipinski definition) is 5. The van der Waals surface area contributed by atoms with E-state index in [1.165, 1.54) is 24.3 Å². The van der Waals surface area contributed by atoms with Gasteiger partial charge in [0.25, 0.3) is 0 Å². The third kappa shape index (κ3) is 9.08. The van der Waals surface area contributed by atoms with Gasteiger partial charge in [-0.15, -0.1) is 24.8 Å². The summed E-state index contributed by atoms with van der Waals surface area (Å²) in [5.74, 6) is -0.285. The van der Waals surface area contributed by atoms with Crippen molar-refractivity contribution in [2.45, 2.75) is 26.4 Å². The number of ether oxygens (including phenoxy) is 1. The van der Waals surface area contributed by atoms with E-state index in [0.29, 0.717) is 11.6 Å². The summed E-state index contributed by atoms with van der Waals surface area (Å²) in [5, 5.41) is 5.20. The molecular formula is C19H25Cl2FN4O3. The molecule has 1 atom stereocenters. The van der Waals surface area contributed by atoms with Gasteiger partial charge in [0.05, 0.1) is 12.6 Å². The van der Waals surface area contributed by atoms with E-state index in [0.717, 1.165) is 5.56 Å². The van der Waals surface area contributed by atoms with Crippen LogP contribution in [-0.2, 0) is 16.1 Å². The van der Waals surface area contributed by atoms with Crippen molar-refractivity contribution in [1.29, 1.82) is 0 Å². The molecule has 10 heteroatoms. The molecule has 1 heterocycles. The Bertz CT molecular complexity index is 791. The lowest BCUT2D eigenvalue weighted by Crippen LogP contribution is -2.47. The van der Waals surface area contributed by atoms with Crippen LogP contribution in [0.4, 0.5) is 4.39 Å². The van der Waals surface area contributed by atoms with Gasteiger partial charge in [0, 0.05) is 18.8 Å². The Balaban J connectivity index is 0.00000392. The van der Waals surface area contributed by atoms with Gasteiger partial charge in [0.15, 0.2) is 0 Å². The third-order valence-electron chi connectivity index (χ3n) is 3.77. The molecule has 0 saturated carbocycles. The average molecular weight is 447 g/mol. The van der Waals surface area contributed by atoms with Crippen molar-refractivity contribution < 1.29 is 18.7 Å². The van der Waals surface area contributed by atoms with Crippen LogP contribution in [0, 0.1) is 11.7 Å². The number of carbonyl (C=O) groups excluding carboxylic acids is 2. The highest BCUT2D eigenvalue weighted by Gasteiger charge is 2.17. The lowest BCUT2D eigenvalue weighted by Gasteiger charge is -2.15. The number of nitrogens with zero attached hydrogens (tertiary/aromatic N) is 1. The Morgan fingerprint density at radius 2 is 1.79 bits per heavy atom. The van der Waals surface area contributed by atoms with Crippen LogP contribution in [0.5, 0.6) is 11.6 Å². The van der Waals surface area contributed by atoms with E-state index in [-0.39, 0.29) is 61.5 Å². The lowest BCUT2D eigenvalue weighted by molar-refractivity contribution is -0.127. The van der Waals surface area contributed by atoms with Crippen LogP contribution >= 0.6 is 24.8 Å². The fourth-order valence-electron chi connectivity index (χ4n) is 2.09. The van der Waals surface area contributed by atoms with Gasteiger partial charge >= 0.3 is 0 Å². The molecule has 0 unspecified atom stereocenters. The molecule has 160 valence electrons. The number of aromatic nitrogens is 1. The predicted molar refractivity (Wildman–Crippen MR) is 113 cm³/mol. The smallest absolute Gasteiger partial charge is 0.239 e. The largest absolute Gasteiger partial charge is 0.439 e. The number of rotatable bonds is 8. The maximum atomic E-state index is 12.9. The number of amides is 2. The standard InChI is InChI=1S/C19H23FN4O3.2ClH/c1-12(2)18(21)19(26)24-11-16(25)23-10-13-7-8-22-17(9-13)27-15-5-3-14(20)4-6-15;;/h3-9,12,18H,10-11,21H2,1-2H3,(H,23,25)(H,24,26);2*1H/t18-;;/m0../s1. The van der Waals surface area contributed by atoms with Crippen molar-refractivity contribution in [3.63, 3.8) is 0 Å². The maximum absolute atomic E-state index is 12.9. The molecule has 4 N–H and O–H groups in total. The minimum absolute atomic E-state index is 0. The molecule has 0 aliphatic rings. The summed E-state index contributed by atoms with van der Waals surface area (Å²) in [7, 11) is 0. The number of pyridine rings is 1. The van der Waals surface area contributed by atoms with E-state index in [4.69, 9.17) is 10.5 Å². The summed E-state index contributed by atoms with van der Waals surface area (Å²) < 4.78 is 18.5. The Hall–Kier alpha value is -2.42. The predicted octanol–water partition coefficient (Wildman–Crippen LogP) is 2.57. The second kappa shape index (κ2) is 12.9. The summed E-state index contributed by atoms with van der Waals surface area (Å²) >= 11 is 0. The van der Waals surface area contributed by atoms with E-state index in [1.54, 1.807) is 18.3 Å². The molecular weight excluding hydrogens is 422 g/mol. The van der Waals surface area contributed by atoms with Crippen LogP contribution in [0.25, 0.3) is 0 Å². The Kier molecular flexibility index (Phi) is 11.8. The van der Waals surface area contributed by atoms with E-state index in [2.05, 4.69) is 15.6 Å². The molecule has 0 saturated heterocycles. The molecule has 0 spiro atoms. The van der Waals surface area contributed by atoms with Crippen molar-refractivity contribution in [2.24, 2.45) is 11.7 Å². The normalized spacial score (nSPS) is 10.9. The van der Waals surface area contributed by atoms with E-state index < -0.39 is 6.04 Å². The van der Waals surface area contributed by atoms with Crippen molar-refractivity contribution in [3.8, 4) is 11.6 Å². The van der Waals surface area contributed by atoms with Gasteiger partial charge in [-0.3, -0.25) is 9.59 Å². The fourth-order valence-corrected chi connectivity index (χ4v) is 2.09. The highest BCUT2D eigenvalue weighted by atomic mass is 35.5. The minimum Gasteiger partial charge on any atom is -0.439 e. The van der Waals surface area contributed by atoms with Crippen molar-refractivity contribution in [2.75, 3.05) is 6.54 Å². The molecule has 29 heavy (non-hydrogen) atoms. The number of hydrogen-bond donors (Lipinski definition) is 3. The molecule has 0 fully saturated rings. The summed E-state index contributed by atoms with van der Waals surface area (Å²) in [6, 6.07) is 8.32. The molecule has 2 amide bonds. The van der Waals surface area contributed by atoms with Crippen molar-refractivity contribution in [1.82, 2.24) is 15.6 Å². The maximum Gasteiger partial charge on any atom is 0.239 e. The average Bonchev–Trinajstić information content (AvgIpc) is 2.66. The van der Waals surface area contributed by atoms with Gasteiger partial charge in [-0.1, -0.05) is 13.8 Å². The summed E-state index contributed by atoms with van der Waals surface area (Å²) in [4.78, 5) is 27.7. The van der Waals surface area contributed by atoms with E-state index in [1.807, 2.05) is 13.8 Å². The van der Waals surface area contributed by atoms with Crippen LogP contribution in [0.1, 0.15) is 19.4 Å². The molecule has 0 aliphatic carbocycles. The SMILES string of the molecule is CC(C)[C@H](N)C(=O)NCC(=O)NCc1ccnc(Oc2ccc(F)cc2)c1.Cl.Cl. The first-order valence-electron chi connectivity index (χ1n) is 8.53. The highest BCUT2D eigenvalue weighted by Crippen LogP contribution is 2.20. The van der Waals surface area contributed by atoms with Crippen LogP contribution in [0.2, 0.25) is 0 Å². The van der Waals surface area contributed by atoms with Gasteiger partial charge in [-0.25, -0.2) is 9.37 Å². The number of nitrogens with one attached hydrogen (secondary N) is 2. The molecule has 0 aliphatic heterocycles. The van der Waals surface area contributed by atoms with Gasteiger partial charge in [-0.2, -0.15) is 0 Å². The van der Waals surface area contributed by atoms with E-state index in [9.17, 15) is 14.0 Å². The number of halogens is 3. The highest BCUT2D eigenvalue weighted by molar-refractivity contribution is 5.87. The van der Waals surface area contributed by atoms with Crippen LogP contribution < -0.4 is 21.1 Å². The monoisotopic (exact) mass is 446 g/mol. The molecule has 0 radical (unpaired) electrons. The van der Waals surface area contributed by atoms with Crippen molar-refractivity contribution >= 4 is 36.6 Å². The summed E-state index contributed by atoms with van der Waals surface area (Å²) in [6.45, 7) is 3.76. The van der Waals surface area contributed by atoms with Crippen LogP contribution in [-0.4, -0.2) is 29.4 Å². The quantitative estimate of drug-likeness (QED) is 0.577. The second-order valence-corrected chi connectivity index (χ2v) is 6.32. The topological polar surface area (TPSA) is 106 Å². The zero-order chi connectivity index (χ0) is 19.8. The van der Waals surface area contributed by atoms with Gasteiger partial charge in [0.2, 0.25) is 17.7 Å². The first-order valence-corrected chi connectivity index (χ1v) is 8.53. The Labute approximate surface area is 181 Å². The van der Waals surface area contributed by atoms with E-state index >= 15 is 0 Å². The molecule has 2 aromatic rings. The van der Waals surface area contributed by atoms with Crippen molar-refractivity contribution in [3.05, 3.63) is 54.0 Å². The molecule has 1 aromatic heterocycles. The first kappa shape index (κ1) is 26.6. The first-order chi connectivity index (χ1) is 12.8. The zero-order valence-corrected chi connectivity index (χ0v) is 17.7. The molecule has 2 rings (SSSR count). The summed E-state index contributed by atoms with van der Waals surface area (Å²) in [6.07, 6.45) is 1.55. The zero-order valence-electron chi connectivity index (χ0n) is 16.1. The Morgan fingerprint density at radius 3 is 2.41 bits per heavy atom. The number of carbonyl (C=O) groups is 2. The number of nitrogens with two attached hydrogens (primary N) is 1. The molecule has 0 bridgehead atoms. The third-order valence-corrected chi connectivity index (χ3v) is 3.77. The lowest BCUT2D eigenvalue weighted by atomic mass is 10.1. The van der Waals surface area contributed by atoms with Gasteiger partial charge < -0.3 is 21.1 Å². The molecule has 1 aromatic carbocycles. The number of benzene rings is 1. The summed E-state index contributed by atoms with van der Waals surface area (Å²) in [5.41, 5.74) is 6.48. The van der Waals surface area contributed by atoms with Gasteiger partial charge in [-0.05, 0) is 41.8 Å². The van der Waals surface area contributed by atoms with Crippen LogP contribution in [0.3, 0.4) is 0 Å². The second-order valence-electron chi connectivity index (χ2n) is 6.32. The molecule has 7 nitrogen and oxygen atoms in total. The minimum atomic E-state index is -0.649.